The lowest BCUT2D eigenvalue weighted by atomic mass is 10.1. The first-order valence-corrected chi connectivity index (χ1v) is 10.1. The minimum Gasteiger partial charge on any atom is -0.393 e. The van der Waals surface area contributed by atoms with E-state index >= 15 is 0 Å². The third kappa shape index (κ3) is 4.21. The van der Waals surface area contributed by atoms with E-state index in [0.29, 0.717) is 24.9 Å². The Morgan fingerprint density at radius 3 is 2.57 bits per heavy atom. The fraction of sp³-hybridized carbons (Fsp3) is 0.409. The summed E-state index contributed by atoms with van der Waals surface area (Å²) >= 11 is 0. The number of aliphatic hydroxyl groups is 1. The highest BCUT2D eigenvalue weighted by Gasteiger charge is 2.21. The Kier molecular flexibility index (Phi) is 6.08. The van der Waals surface area contributed by atoms with E-state index in [1.54, 1.807) is 7.11 Å². The molecule has 158 valence electrons. The highest BCUT2D eigenvalue weighted by Crippen LogP contribution is 2.25. The third-order valence-corrected chi connectivity index (χ3v) is 5.21. The Hall–Kier alpha value is -2.81. The van der Waals surface area contributed by atoms with Crippen LogP contribution in [0, 0.1) is 13.8 Å². The summed E-state index contributed by atoms with van der Waals surface area (Å²) in [4.78, 5) is 11.5. The molecule has 3 heterocycles. The van der Waals surface area contributed by atoms with Crippen LogP contribution in [0.2, 0.25) is 0 Å². The average molecular weight is 409 g/mol. The van der Waals surface area contributed by atoms with Gasteiger partial charge in [0.1, 0.15) is 11.9 Å². The molecule has 2 aromatic heterocycles. The van der Waals surface area contributed by atoms with Crippen LogP contribution >= 0.6 is 0 Å². The van der Waals surface area contributed by atoms with Crippen LogP contribution in [0.4, 0.5) is 5.82 Å². The minimum atomic E-state index is -0.600. The standard InChI is InChI=1S/C22H27N5O3/c1-15-5-4-6-17(11-15)18-12-16(2)27(25-18)21-13-20(26-7-9-30-10-8-26)23-22(24-21)19(14-28)29-3/h4-6,11-13,19,28H,7-10,14H2,1-3H3/t19-/m0/s1. The molecule has 1 atom stereocenters. The Morgan fingerprint density at radius 2 is 1.87 bits per heavy atom. The van der Waals surface area contributed by atoms with Crippen molar-refractivity contribution in [2.75, 3.05) is 44.9 Å². The van der Waals surface area contributed by atoms with Gasteiger partial charge < -0.3 is 19.5 Å². The van der Waals surface area contributed by atoms with Crippen LogP contribution < -0.4 is 4.90 Å². The third-order valence-electron chi connectivity index (χ3n) is 5.21. The van der Waals surface area contributed by atoms with Gasteiger partial charge in [-0.15, -0.1) is 0 Å². The van der Waals surface area contributed by atoms with E-state index in [0.717, 1.165) is 35.9 Å². The smallest absolute Gasteiger partial charge is 0.164 e. The Bertz CT molecular complexity index is 1010. The van der Waals surface area contributed by atoms with Crippen molar-refractivity contribution in [2.24, 2.45) is 0 Å². The van der Waals surface area contributed by atoms with E-state index in [4.69, 9.17) is 14.6 Å². The molecule has 1 N–H and O–H groups in total. The summed E-state index contributed by atoms with van der Waals surface area (Å²) in [6, 6.07) is 12.2. The maximum Gasteiger partial charge on any atom is 0.164 e. The molecule has 8 nitrogen and oxygen atoms in total. The molecule has 0 spiro atoms. The summed E-state index contributed by atoms with van der Waals surface area (Å²) in [5.41, 5.74) is 4.09. The van der Waals surface area contributed by atoms with Gasteiger partial charge in [-0.25, -0.2) is 14.6 Å². The predicted octanol–water partition coefficient (Wildman–Crippen LogP) is 2.46. The van der Waals surface area contributed by atoms with Gasteiger partial charge in [-0.05, 0) is 26.0 Å². The lowest BCUT2D eigenvalue weighted by Crippen LogP contribution is -2.37. The molecular formula is C22H27N5O3. The van der Waals surface area contributed by atoms with Crippen LogP contribution in [0.25, 0.3) is 17.1 Å². The highest BCUT2D eigenvalue weighted by molar-refractivity contribution is 5.61. The normalized spacial score (nSPS) is 15.4. The molecule has 8 heteroatoms. The van der Waals surface area contributed by atoms with E-state index in [2.05, 4.69) is 40.0 Å². The van der Waals surface area contributed by atoms with Crippen molar-refractivity contribution < 1.29 is 14.6 Å². The van der Waals surface area contributed by atoms with Gasteiger partial charge >= 0.3 is 0 Å². The number of methoxy groups -OCH3 is 1. The first kappa shape index (κ1) is 20.5. The number of aromatic nitrogens is 4. The number of nitrogens with zero attached hydrogens (tertiary/aromatic N) is 5. The first-order valence-electron chi connectivity index (χ1n) is 10.1. The van der Waals surface area contributed by atoms with Crippen LogP contribution in [0.15, 0.2) is 36.4 Å². The summed E-state index contributed by atoms with van der Waals surface area (Å²) in [5.74, 6) is 1.86. The number of morpholine rings is 1. The second-order valence-corrected chi connectivity index (χ2v) is 7.40. The van der Waals surface area contributed by atoms with Crippen molar-refractivity contribution in [3.63, 3.8) is 0 Å². The van der Waals surface area contributed by atoms with Gasteiger partial charge in [0.05, 0.1) is 25.5 Å². The monoisotopic (exact) mass is 409 g/mol. The number of ether oxygens (including phenoxy) is 2. The predicted molar refractivity (Wildman–Crippen MR) is 114 cm³/mol. The second-order valence-electron chi connectivity index (χ2n) is 7.40. The number of rotatable bonds is 6. The molecule has 1 saturated heterocycles. The molecule has 1 fully saturated rings. The van der Waals surface area contributed by atoms with E-state index in [-0.39, 0.29) is 6.61 Å². The van der Waals surface area contributed by atoms with E-state index in [1.165, 1.54) is 5.56 Å². The summed E-state index contributed by atoms with van der Waals surface area (Å²) in [6.07, 6.45) is -0.600. The average Bonchev–Trinajstić information content (AvgIpc) is 3.17. The molecule has 30 heavy (non-hydrogen) atoms. The fourth-order valence-corrected chi connectivity index (χ4v) is 3.56. The van der Waals surface area contributed by atoms with Crippen LogP contribution in [0.5, 0.6) is 0 Å². The van der Waals surface area contributed by atoms with Crippen molar-refractivity contribution >= 4 is 5.82 Å². The van der Waals surface area contributed by atoms with E-state index < -0.39 is 6.10 Å². The van der Waals surface area contributed by atoms with E-state index in [9.17, 15) is 5.11 Å². The maximum absolute atomic E-state index is 9.71. The summed E-state index contributed by atoms with van der Waals surface area (Å²) in [5, 5.41) is 14.5. The maximum atomic E-state index is 9.71. The SMILES string of the molecule is CO[C@@H](CO)c1nc(N2CCOCC2)cc(-n2nc(-c3cccc(C)c3)cc2C)n1. The molecule has 1 aliphatic heterocycles. The van der Waals surface area contributed by atoms with Crippen molar-refractivity contribution in [3.05, 3.63) is 53.5 Å². The van der Waals surface area contributed by atoms with Gasteiger partial charge in [0.15, 0.2) is 11.6 Å². The molecule has 0 aliphatic carbocycles. The number of hydrogen-bond acceptors (Lipinski definition) is 7. The molecule has 1 aliphatic rings. The second kappa shape index (κ2) is 8.91. The molecule has 3 aromatic rings. The van der Waals surface area contributed by atoms with Gasteiger partial charge in [0, 0.05) is 37.5 Å². The lowest BCUT2D eigenvalue weighted by molar-refractivity contribution is 0.0422. The molecule has 1 aromatic carbocycles. The van der Waals surface area contributed by atoms with Crippen LogP contribution in [0.3, 0.4) is 0 Å². The highest BCUT2D eigenvalue weighted by atomic mass is 16.5. The van der Waals surface area contributed by atoms with Gasteiger partial charge in [-0.1, -0.05) is 23.8 Å². The largest absolute Gasteiger partial charge is 0.393 e. The zero-order valence-corrected chi connectivity index (χ0v) is 17.6. The Balaban J connectivity index is 1.78. The van der Waals surface area contributed by atoms with Crippen LogP contribution in [-0.4, -0.2) is 64.9 Å². The van der Waals surface area contributed by atoms with Gasteiger partial charge in [0.2, 0.25) is 0 Å². The molecule has 0 saturated carbocycles. The summed E-state index contributed by atoms with van der Waals surface area (Å²) in [7, 11) is 1.54. The number of anilines is 1. The topological polar surface area (TPSA) is 85.5 Å². The number of hydrogen-bond donors (Lipinski definition) is 1. The number of aryl methyl sites for hydroxylation is 2. The van der Waals surface area contributed by atoms with Crippen molar-refractivity contribution in [3.8, 4) is 17.1 Å². The fourth-order valence-electron chi connectivity index (χ4n) is 3.56. The number of benzene rings is 1. The van der Waals surface area contributed by atoms with Gasteiger partial charge in [0.25, 0.3) is 0 Å². The first-order chi connectivity index (χ1) is 14.6. The van der Waals surface area contributed by atoms with Crippen molar-refractivity contribution in [1.82, 2.24) is 19.7 Å². The molecule has 0 radical (unpaired) electrons. The molecule has 4 rings (SSSR count). The van der Waals surface area contributed by atoms with Crippen molar-refractivity contribution in [1.29, 1.82) is 0 Å². The molecule has 0 amide bonds. The van der Waals surface area contributed by atoms with Crippen LogP contribution in [-0.2, 0) is 9.47 Å². The molecular weight excluding hydrogens is 382 g/mol. The zero-order valence-electron chi connectivity index (χ0n) is 17.6. The molecule has 0 bridgehead atoms. The van der Waals surface area contributed by atoms with Crippen LogP contribution in [0.1, 0.15) is 23.2 Å². The minimum absolute atomic E-state index is 0.199. The van der Waals surface area contributed by atoms with Gasteiger partial charge in [-0.2, -0.15) is 5.10 Å². The Morgan fingerprint density at radius 1 is 1.10 bits per heavy atom. The van der Waals surface area contributed by atoms with E-state index in [1.807, 2.05) is 29.8 Å². The molecule has 0 unspecified atom stereocenters. The quantitative estimate of drug-likeness (QED) is 0.669. The van der Waals surface area contributed by atoms with Crippen molar-refractivity contribution in [2.45, 2.75) is 20.0 Å². The zero-order chi connectivity index (χ0) is 21.1. The number of aliphatic hydroxyl groups excluding tert-OH is 1. The lowest BCUT2D eigenvalue weighted by Gasteiger charge is -2.28. The van der Waals surface area contributed by atoms with Gasteiger partial charge in [-0.3, -0.25) is 0 Å². The summed E-state index contributed by atoms with van der Waals surface area (Å²) < 4.78 is 12.7. The summed E-state index contributed by atoms with van der Waals surface area (Å²) in [6.45, 7) is 6.68. The Labute approximate surface area is 176 Å².